The molecule has 2 rings (SSSR count). The number of nitrogens with zero attached hydrogens (tertiary/aromatic N) is 2. The molecule has 0 saturated carbocycles. The van der Waals surface area contributed by atoms with Crippen molar-refractivity contribution < 1.29 is 4.58 Å². The molecule has 0 amide bonds. The van der Waals surface area contributed by atoms with E-state index in [1.165, 1.54) is 11.4 Å². The first-order valence-corrected chi connectivity index (χ1v) is 5.62. The van der Waals surface area contributed by atoms with E-state index in [1.54, 1.807) is 0 Å². The van der Waals surface area contributed by atoms with E-state index in [1.807, 2.05) is 0 Å². The highest BCUT2D eigenvalue weighted by atomic mass is 15.2. The molecule has 0 bridgehead atoms. The Kier molecular flexibility index (Phi) is 3.05. The fraction of sp³-hybridized carbons (Fsp3) is 0.462. The Morgan fingerprint density at radius 2 is 1.67 bits per heavy atom. The third-order valence-electron chi connectivity index (χ3n) is 3.03. The molecule has 0 N–H and O–H groups in total. The average Bonchev–Trinajstić information content (AvgIpc) is 2.30. The molecule has 0 atom stereocenters. The summed E-state index contributed by atoms with van der Waals surface area (Å²) in [6, 6.07) is 10.7. The van der Waals surface area contributed by atoms with E-state index in [0.29, 0.717) is 0 Å². The van der Waals surface area contributed by atoms with Gasteiger partial charge in [-0.25, -0.2) is 4.58 Å². The van der Waals surface area contributed by atoms with Gasteiger partial charge in [0.2, 0.25) is 0 Å². The minimum absolute atomic E-state index is 1.13. The van der Waals surface area contributed by atoms with E-state index in [4.69, 9.17) is 0 Å². The van der Waals surface area contributed by atoms with Crippen LogP contribution in [0, 0.1) is 0 Å². The molecule has 0 unspecified atom stereocenters. The van der Waals surface area contributed by atoms with Crippen molar-refractivity contribution in [1.29, 1.82) is 0 Å². The molecule has 2 nitrogen and oxygen atoms in total. The highest BCUT2D eigenvalue weighted by Crippen LogP contribution is 2.14. The zero-order chi connectivity index (χ0) is 10.7. The summed E-state index contributed by atoms with van der Waals surface area (Å²) in [5.41, 5.74) is 2.79. The fourth-order valence-corrected chi connectivity index (χ4v) is 2.05. The molecule has 0 aromatic heterocycles. The van der Waals surface area contributed by atoms with Crippen LogP contribution in [0.2, 0.25) is 0 Å². The Hall–Kier alpha value is -1.31. The monoisotopic (exact) mass is 203 g/mol. The number of hydrogen-bond acceptors (Lipinski definition) is 1. The molecule has 80 valence electrons. The predicted octanol–water partition coefficient (Wildman–Crippen LogP) is 2.00. The maximum absolute atomic E-state index is 2.46. The number of para-hydroxylation sites is 1. The molecular weight excluding hydrogens is 184 g/mol. The second-order valence-electron chi connectivity index (χ2n) is 4.26. The largest absolute Gasteiger partial charge is 0.359 e. The van der Waals surface area contributed by atoms with Gasteiger partial charge in [0, 0.05) is 19.5 Å². The van der Waals surface area contributed by atoms with E-state index in [-0.39, 0.29) is 0 Å². The molecule has 1 aromatic carbocycles. The summed E-state index contributed by atoms with van der Waals surface area (Å²) in [6.07, 6.45) is 0. The van der Waals surface area contributed by atoms with E-state index >= 15 is 0 Å². The summed E-state index contributed by atoms with van der Waals surface area (Å²) < 4.78 is 2.46. The van der Waals surface area contributed by atoms with Gasteiger partial charge in [0.15, 0.2) is 13.1 Å². The lowest BCUT2D eigenvalue weighted by atomic mass is 10.2. The molecule has 0 radical (unpaired) electrons. The van der Waals surface area contributed by atoms with Gasteiger partial charge in [-0.3, -0.25) is 0 Å². The van der Waals surface area contributed by atoms with Gasteiger partial charge in [-0.05, 0) is 12.1 Å². The van der Waals surface area contributed by atoms with Gasteiger partial charge in [-0.15, -0.1) is 0 Å². The summed E-state index contributed by atoms with van der Waals surface area (Å²) in [6.45, 7) is 8.95. The van der Waals surface area contributed by atoms with Gasteiger partial charge in [0.1, 0.15) is 5.71 Å². The van der Waals surface area contributed by atoms with Crippen LogP contribution >= 0.6 is 0 Å². The minimum atomic E-state index is 1.13. The lowest BCUT2D eigenvalue weighted by Crippen LogP contribution is -2.43. The smallest absolute Gasteiger partial charge is 0.160 e. The molecule has 1 fully saturated rings. The predicted molar refractivity (Wildman–Crippen MR) is 65.0 cm³/mol. The molecule has 0 spiro atoms. The van der Waals surface area contributed by atoms with Crippen LogP contribution in [0.4, 0.5) is 5.69 Å². The van der Waals surface area contributed by atoms with Gasteiger partial charge in [-0.2, -0.15) is 0 Å². The Morgan fingerprint density at radius 1 is 1.07 bits per heavy atom. The van der Waals surface area contributed by atoms with Crippen molar-refractivity contribution >= 4 is 11.4 Å². The van der Waals surface area contributed by atoms with E-state index in [2.05, 4.69) is 53.7 Å². The zero-order valence-corrected chi connectivity index (χ0v) is 9.61. The first-order valence-electron chi connectivity index (χ1n) is 5.62. The van der Waals surface area contributed by atoms with Crippen molar-refractivity contribution in [3.05, 3.63) is 30.3 Å². The van der Waals surface area contributed by atoms with Crippen molar-refractivity contribution in [2.24, 2.45) is 0 Å². The van der Waals surface area contributed by atoms with E-state index in [0.717, 1.165) is 26.2 Å². The molecule has 2 heteroatoms. The number of benzene rings is 1. The highest BCUT2D eigenvalue weighted by molar-refractivity contribution is 5.73. The van der Waals surface area contributed by atoms with Crippen LogP contribution in [-0.2, 0) is 0 Å². The summed E-state index contributed by atoms with van der Waals surface area (Å²) >= 11 is 0. The van der Waals surface area contributed by atoms with Crippen LogP contribution in [0.15, 0.2) is 30.3 Å². The Morgan fingerprint density at radius 3 is 2.20 bits per heavy atom. The zero-order valence-electron chi connectivity index (χ0n) is 9.61. The summed E-state index contributed by atoms with van der Waals surface area (Å²) in [7, 11) is 0. The molecular formula is C13H19N2+. The van der Waals surface area contributed by atoms with Gasteiger partial charge in [-0.1, -0.05) is 18.2 Å². The maximum atomic E-state index is 2.46. The normalized spacial score (nSPS) is 16.7. The molecule has 1 aromatic rings. The van der Waals surface area contributed by atoms with E-state index < -0.39 is 0 Å². The van der Waals surface area contributed by atoms with Crippen LogP contribution in [0.25, 0.3) is 0 Å². The third-order valence-corrected chi connectivity index (χ3v) is 3.03. The van der Waals surface area contributed by atoms with Gasteiger partial charge in [0.05, 0.1) is 13.1 Å². The lowest BCUT2D eigenvalue weighted by molar-refractivity contribution is -0.530. The van der Waals surface area contributed by atoms with Gasteiger partial charge >= 0.3 is 0 Å². The third kappa shape index (κ3) is 2.38. The maximum Gasteiger partial charge on any atom is 0.160 e. The van der Waals surface area contributed by atoms with Crippen molar-refractivity contribution in [3.63, 3.8) is 0 Å². The molecule has 0 aliphatic carbocycles. The first kappa shape index (κ1) is 10.2. The quantitative estimate of drug-likeness (QED) is 0.633. The van der Waals surface area contributed by atoms with Crippen molar-refractivity contribution in [1.82, 2.24) is 0 Å². The van der Waals surface area contributed by atoms with Crippen LogP contribution in [0.1, 0.15) is 13.8 Å². The van der Waals surface area contributed by atoms with Gasteiger partial charge < -0.3 is 4.90 Å². The molecule has 15 heavy (non-hydrogen) atoms. The SMILES string of the molecule is CC(C)=[N+]1CCN(c2ccccc2)CC1. The molecule has 1 saturated heterocycles. The van der Waals surface area contributed by atoms with Crippen molar-refractivity contribution in [3.8, 4) is 0 Å². The summed E-state index contributed by atoms with van der Waals surface area (Å²) in [5.74, 6) is 0. The van der Waals surface area contributed by atoms with Crippen LogP contribution in [0.3, 0.4) is 0 Å². The van der Waals surface area contributed by atoms with Crippen molar-refractivity contribution in [2.45, 2.75) is 13.8 Å². The van der Waals surface area contributed by atoms with Crippen LogP contribution in [-0.4, -0.2) is 36.5 Å². The Bertz CT molecular complexity index is 340. The van der Waals surface area contributed by atoms with Crippen LogP contribution in [0.5, 0.6) is 0 Å². The number of rotatable bonds is 1. The second kappa shape index (κ2) is 4.47. The molecule has 1 aliphatic rings. The fourth-order valence-electron chi connectivity index (χ4n) is 2.05. The lowest BCUT2D eigenvalue weighted by Gasteiger charge is -2.27. The summed E-state index contributed by atoms with van der Waals surface area (Å²) in [4.78, 5) is 2.46. The Balaban J connectivity index is 2.03. The number of piperazine rings is 1. The Labute approximate surface area is 91.8 Å². The standard InChI is InChI=1S/C13H19N2/c1-12(2)14-8-10-15(11-9-14)13-6-4-3-5-7-13/h3-7H,8-11H2,1-2H3/q+1. The van der Waals surface area contributed by atoms with Gasteiger partial charge in [0.25, 0.3) is 0 Å². The summed E-state index contributed by atoms with van der Waals surface area (Å²) in [5, 5.41) is 0. The first-order chi connectivity index (χ1) is 7.27. The van der Waals surface area contributed by atoms with Crippen LogP contribution < -0.4 is 4.90 Å². The minimum Gasteiger partial charge on any atom is -0.359 e. The highest BCUT2D eigenvalue weighted by Gasteiger charge is 2.19. The number of anilines is 1. The average molecular weight is 203 g/mol. The molecule has 1 aliphatic heterocycles. The van der Waals surface area contributed by atoms with Crippen molar-refractivity contribution in [2.75, 3.05) is 31.1 Å². The number of hydrogen-bond donors (Lipinski definition) is 0. The molecule has 1 heterocycles. The van der Waals surface area contributed by atoms with E-state index in [9.17, 15) is 0 Å². The topological polar surface area (TPSA) is 6.25 Å². The second-order valence-corrected chi connectivity index (χ2v) is 4.26.